The van der Waals surface area contributed by atoms with Crippen molar-refractivity contribution < 1.29 is 28.9 Å². The van der Waals surface area contributed by atoms with Gasteiger partial charge in [0.25, 0.3) is 0 Å². The fourth-order valence-electron chi connectivity index (χ4n) is 4.70. The van der Waals surface area contributed by atoms with Crippen LogP contribution in [-0.2, 0) is 20.7 Å². The van der Waals surface area contributed by atoms with Crippen molar-refractivity contribution >= 4 is 17.7 Å². The van der Waals surface area contributed by atoms with Crippen LogP contribution in [0.15, 0.2) is 85.2 Å². The van der Waals surface area contributed by atoms with E-state index in [0.717, 1.165) is 28.9 Å². The van der Waals surface area contributed by atoms with Crippen molar-refractivity contribution in [1.29, 1.82) is 0 Å². The van der Waals surface area contributed by atoms with Crippen LogP contribution in [0.25, 0.3) is 5.65 Å². The number of nitrogens with zero attached hydrogens (tertiary/aromatic N) is 3. The number of likely N-dealkylation sites (tertiary alicyclic amines) is 1. The van der Waals surface area contributed by atoms with E-state index in [4.69, 9.17) is 14.2 Å². The average molecular weight is 558 g/mol. The molecule has 0 spiro atoms. The first-order valence-corrected chi connectivity index (χ1v) is 13.7. The predicted molar refractivity (Wildman–Crippen MR) is 153 cm³/mol. The van der Waals surface area contributed by atoms with Crippen LogP contribution in [0, 0.1) is 5.92 Å². The second-order valence-corrected chi connectivity index (χ2v) is 11.3. The molecule has 0 aliphatic carbocycles. The van der Waals surface area contributed by atoms with E-state index in [1.165, 1.54) is 0 Å². The minimum atomic E-state index is -1.47. The Labute approximate surface area is 239 Å². The summed E-state index contributed by atoms with van der Waals surface area (Å²) in [5.41, 5.74) is 2.77. The molecule has 1 amide bonds. The third kappa shape index (κ3) is 7.24. The van der Waals surface area contributed by atoms with Crippen LogP contribution in [-0.4, -0.2) is 62.9 Å². The van der Waals surface area contributed by atoms with Gasteiger partial charge in [0.1, 0.15) is 23.6 Å². The lowest BCUT2D eigenvalue weighted by Crippen LogP contribution is -2.52. The van der Waals surface area contributed by atoms with Crippen molar-refractivity contribution in [2.24, 2.45) is 5.92 Å². The van der Waals surface area contributed by atoms with Gasteiger partial charge in [0.2, 0.25) is 0 Å². The summed E-state index contributed by atoms with van der Waals surface area (Å²) in [7, 11) is 0. The Hall–Kier alpha value is -4.37. The lowest BCUT2D eigenvalue weighted by molar-refractivity contribution is -0.159. The van der Waals surface area contributed by atoms with Gasteiger partial charge in [-0.05, 0) is 56.4 Å². The number of aromatic nitrogens is 2. The zero-order chi connectivity index (χ0) is 29.0. The molecule has 5 rings (SSSR count). The van der Waals surface area contributed by atoms with Crippen molar-refractivity contribution in [2.45, 2.75) is 45.0 Å². The highest BCUT2D eigenvalue weighted by Crippen LogP contribution is 2.27. The van der Waals surface area contributed by atoms with E-state index in [-0.39, 0.29) is 12.7 Å². The Morgan fingerprint density at radius 1 is 0.951 bits per heavy atom. The average Bonchev–Trinajstić information content (AvgIpc) is 3.33. The van der Waals surface area contributed by atoms with E-state index >= 15 is 0 Å². The van der Waals surface area contributed by atoms with Crippen LogP contribution in [0.5, 0.6) is 5.75 Å². The van der Waals surface area contributed by atoms with Gasteiger partial charge in [-0.25, -0.2) is 14.6 Å². The van der Waals surface area contributed by atoms with Gasteiger partial charge in [0.05, 0.1) is 11.9 Å². The minimum absolute atomic E-state index is 0.259. The molecule has 4 aromatic rings. The Balaban J connectivity index is 1.15. The molecule has 1 N–H and O–H groups in total. The summed E-state index contributed by atoms with van der Waals surface area (Å²) in [6.45, 7) is 6.59. The van der Waals surface area contributed by atoms with Gasteiger partial charge in [-0.2, -0.15) is 0 Å². The summed E-state index contributed by atoms with van der Waals surface area (Å²) in [4.78, 5) is 31.4. The molecule has 1 saturated heterocycles. The normalized spacial score (nSPS) is 14.5. The van der Waals surface area contributed by atoms with Crippen LogP contribution < -0.4 is 4.74 Å². The Bertz CT molecular complexity index is 1440. The highest BCUT2D eigenvalue weighted by Gasteiger charge is 2.34. The van der Waals surface area contributed by atoms with Crippen molar-refractivity contribution in [3.8, 4) is 5.75 Å². The third-order valence-corrected chi connectivity index (χ3v) is 6.70. The Morgan fingerprint density at radius 3 is 2.20 bits per heavy atom. The number of carbonyl (C=O) groups excluding carboxylic acids is 2. The SMILES string of the molecule is CC(C)(C)OC(=O)N1CC(Cc2cn3cc(OCC(O)C(=O)OC(c4ccccc4)c4ccccc4)ccc3n2)C1. The summed E-state index contributed by atoms with van der Waals surface area (Å²) in [5.74, 6) is 0.0326. The van der Waals surface area contributed by atoms with E-state index < -0.39 is 23.8 Å². The molecule has 0 bridgehead atoms. The van der Waals surface area contributed by atoms with Crippen molar-refractivity contribution in [2.75, 3.05) is 19.7 Å². The first-order chi connectivity index (χ1) is 19.6. The van der Waals surface area contributed by atoms with Gasteiger partial charge >= 0.3 is 12.1 Å². The smallest absolute Gasteiger partial charge is 0.410 e. The summed E-state index contributed by atoms with van der Waals surface area (Å²) >= 11 is 0. The molecule has 1 fully saturated rings. The van der Waals surface area contributed by atoms with Crippen molar-refractivity contribution in [1.82, 2.24) is 14.3 Å². The second-order valence-electron chi connectivity index (χ2n) is 11.3. The van der Waals surface area contributed by atoms with E-state index in [9.17, 15) is 14.7 Å². The van der Waals surface area contributed by atoms with Gasteiger partial charge in [-0.1, -0.05) is 60.7 Å². The van der Waals surface area contributed by atoms with Crippen molar-refractivity contribution in [3.05, 3.63) is 102 Å². The summed E-state index contributed by atoms with van der Waals surface area (Å²) in [5, 5.41) is 10.5. The molecule has 41 heavy (non-hydrogen) atoms. The Morgan fingerprint density at radius 2 is 1.59 bits per heavy atom. The van der Waals surface area contributed by atoms with Crippen molar-refractivity contribution in [3.63, 3.8) is 0 Å². The topological polar surface area (TPSA) is 103 Å². The van der Waals surface area contributed by atoms with Crippen LogP contribution in [0.3, 0.4) is 0 Å². The molecule has 2 aromatic heterocycles. The highest BCUT2D eigenvalue weighted by atomic mass is 16.6. The summed E-state index contributed by atoms with van der Waals surface area (Å²) in [6, 6.07) is 22.4. The van der Waals surface area contributed by atoms with Gasteiger partial charge in [-0.15, -0.1) is 0 Å². The maximum Gasteiger partial charge on any atom is 0.410 e. The largest absolute Gasteiger partial charge is 0.489 e. The van der Waals surface area contributed by atoms with Gasteiger partial charge in [0, 0.05) is 19.3 Å². The summed E-state index contributed by atoms with van der Waals surface area (Å²) < 4.78 is 18.7. The molecule has 1 atom stereocenters. The number of carbonyl (C=O) groups is 2. The zero-order valence-electron chi connectivity index (χ0n) is 23.5. The second kappa shape index (κ2) is 12.0. The van der Waals surface area contributed by atoms with Crippen LogP contribution in [0.1, 0.15) is 43.7 Å². The number of hydrogen-bond donors (Lipinski definition) is 1. The standard InChI is InChI=1S/C32H35N3O6/c1-32(2,3)41-31(38)35-17-22(18-35)16-25-19-34-20-26(14-15-28(34)33-25)39-21-27(36)30(37)40-29(23-10-6-4-7-11-23)24-12-8-5-9-13-24/h4-15,19-20,22,27,29,36H,16-18,21H2,1-3H3. The monoisotopic (exact) mass is 557 g/mol. The first-order valence-electron chi connectivity index (χ1n) is 13.7. The van der Waals surface area contributed by atoms with Crippen LogP contribution in [0.2, 0.25) is 0 Å². The number of amides is 1. The van der Waals surface area contributed by atoms with Crippen LogP contribution >= 0.6 is 0 Å². The first kappa shape index (κ1) is 28.2. The molecular weight excluding hydrogens is 522 g/mol. The predicted octanol–water partition coefficient (Wildman–Crippen LogP) is 4.82. The van der Waals surface area contributed by atoms with E-state index in [1.54, 1.807) is 17.2 Å². The molecule has 1 unspecified atom stereocenters. The molecule has 3 heterocycles. The number of rotatable bonds is 9. The molecular formula is C32H35N3O6. The number of aliphatic hydroxyl groups is 1. The fraction of sp³-hybridized carbons (Fsp3) is 0.344. The van der Waals surface area contributed by atoms with E-state index in [0.29, 0.717) is 24.8 Å². The maximum absolute atomic E-state index is 12.8. The number of benzene rings is 2. The zero-order valence-corrected chi connectivity index (χ0v) is 23.5. The number of hydrogen-bond acceptors (Lipinski definition) is 7. The number of pyridine rings is 1. The number of ether oxygens (including phenoxy) is 3. The molecule has 1 aliphatic heterocycles. The highest BCUT2D eigenvalue weighted by molar-refractivity contribution is 5.75. The number of esters is 1. The maximum atomic E-state index is 12.8. The molecule has 2 aromatic carbocycles. The number of fused-ring (bicyclic) bond motifs is 1. The van der Waals surface area contributed by atoms with E-state index in [2.05, 4.69) is 4.98 Å². The molecule has 1 aliphatic rings. The molecule has 9 nitrogen and oxygen atoms in total. The van der Waals surface area contributed by atoms with E-state index in [1.807, 2.05) is 98.1 Å². The molecule has 0 radical (unpaired) electrons. The number of aliphatic hydroxyl groups excluding tert-OH is 1. The third-order valence-electron chi connectivity index (χ3n) is 6.70. The summed E-state index contributed by atoms with van der Waals surface area (Å²) in [6.07, 6.45) is 2.03. The fourth-order valence-corrected chi connectivity index (χ4v) is 4.70. The quantitative estimate of drug-likeness (QED) is 0.295. The van der Waals surface area contributed by atoms with Gasteiger partial charge in [-0.3, -0.25) is 0 Å². The van der Waals surface area contributed by atoms with Gasteiger partial charge < -0.3 is 28.6 Å². The van der Waals surface area contributed by atoms with Crippen LogP contribution in [0.4, 0.5) is 4.79 Å². The minimum Gasteiger partial charge on any atom is -0.489 e. The number of imidazole rings is 1. The lowest BCUT2D eigenvalue weighted by Gasteiger charge is -2.39. The Kier molecular flexibility index (Phi) is 8.26. The van der Waals surface area contributed by atoms with Gasteiger partial charge in [0.15, 0.2) is 12.2 Å². The molecule has 214 valence electrons. The lowest BCUT2D eigenvalue weighted by atomic mass is 9.95. The molecule has 9 heteroatoms. The molecule has 0 saturated carbocycles.